The van der Waals surface area contributed by atoms with Gasteiger partial charge in [0.15, 0.2) is 5.82 Å². The van der Waals surface area contributed by atoms with E-state index in [-0.39, 0.29) is 23.0 Å². The number of methoxy groups -OCH3 is 1. The van der Waals surface area contributed by atoms with E-state index in [9.17, 15) is 18.0 Å². The molecule has 0 aliphatic heterocycles. The fraction of sp³-hybridized carbons (Fsp3) is 0.200. The zero-order valence-electron chi connectivity index (χ0n) is 18.9. The molecular formula is C25H19ClF3N5O2. The maximum absolute atomic E-state index is 13.5. The van der Waals surface area contributed by atoms with Crippen LogP contribution in [0.15, 0.2) is 60.7 Å². The number of anilines is 1. The molecule has 1 amide bonds. The molecule has 3 aromatic carbocycles. The highest BCUT2D eigenvalue weighted by atomic mass is 35.5. The fourth-order valence-electron chi connectivity index (χ4n) is 4.19. The van der Waals surface area contributed by atoms with E-state index in [0.29, 0.717) is 34.7 Å². The van der Waals surface area contributed by atoms with Crippen LogP contribution in [0.2, 0.25) is 5.02 Å². The van der Waals surface area contributed by atoms with Crippen molar-refractivity contribution in [1.82, 2.24) is 20.6 Å². The largest absolute Gasteiger partial charge is 0.497 e. The molecule has 1 heterocycles. The first kappa shape index (κ1) is 23.8. The van der Waals surface area contributed by atoms with Gasteiger partial charge in [-0.2, -0.15) is 13.2 Å². The molecule has 1 aliphatic rings. The lowest BCUT2D eigenvalue weighted by molar-refractivity contribution is -0.137. The number of nitrogens with zero attached hydrogens (tertiary/aromatic N) is 3. The molecule has 0 unspecified atom stereocenters. The van der Waals surface area contributed by atoms with E-state index < -0.39 is 17.2 Å². The van der Waals surface area contributed by atoms with Gasteiger partial charge in [-0.25, -0.2) is 5.10 Å². The maximum atomic E-state index is 13.5. The number of aromatic nitrogens is 4. The first-order chi connectivity index (χ1) is 17.2. The topological polar surface area (TPSA) is 92.8 Å². The highest BCUT2D eigenvalue weighted by molar-refractivity contribution is 6.30. The number of rotatable bonds is 6. The first-order valence-corrected chi connectivity index (χ1v) is 11.3. The predicted molar refractivity (Wildman–Crippen MR) is 128 cm³/mol. The molecule has 36 heavy (non-hydrogen) atoms. The van der Waals surface area contributed by atoms with Gasteiger partial charge in [0.2, 0.25) is 5.91 Å². The zero-order chi connectivity index (χ0) is 25.5. The summed E-state index contributed by atoms with van der Waals surface area (Å²) in [7, 11) is 1.30. The van der Waals surface area contributed by atoms with Crippen LogP contribution in [0.3, 0.4) is 0 Å². The number of ether oxygens (including phenoxy) is 1. The number of benzene rings is 3. The van der Waals surface area contributed by atoms with Crippen molar-refractivity contribution in [3.63, 3.8) is 0 Å². The summed E-state index contributed by atoms with van der Waals surface area (Å²) in [5, 5.41) is 17.2. The molecule has 5 rings (SSSR count). The van der Waals surface area contributed by atoms with Gasteiger partial charge in [0.25, 0.3) is 0 Å². The van der Waals surface area contributed by atoms with Crippen LogP contribution in [0.4, 0.5) is 18.9 Å². The number of hydrogen-bond acceptors (Lipinski definition) is 5. The third kappa shape index (κ3) is 4.51. The number of nitrogens with one attached hydrogen (secondary N) is 2. The lowest BCUT2D eigenvalue weighted by Crippen LogP contribution is -2.27. The molecule has 0 atom stereocenters. The Morgan fingerprint density at radius 2 is 1.89 bits per heavy atom. The Kier molecular flexibility index (Phi) is 5.91. The van der Waals surface area contributed by atoms with Crippen LogP contribution in [-0.2, 0) is 16.4 Å². The van der Waals surface area contributed by atoms with Crippen molar-refractivity contribution in [2.24, 2.45) is 0 Å². The molecule has 0 saturated heterocycles. The Hall–Kier alpha value is -3.92. The normalized spacial score (nSPS) is 14.4. The number of carbonyl (C=O) groups is 1. The van der Waals surface area contributed by atoms with Crippen molar-refractivity contribution in [3.8, 4) is 28.3 Å². The van der Waals surface area contributed by atoms with Crippen molar-refractivity contribution < 1.29 is 22.7 Å². The van der Waals surface area contributed by atoms with Crippen molar-refractivity contribution in [3.05, 3.63) is 76.8 Å². The molecule has 1 saturated carbocycles. The molecule has 184 valence electrons. The van der Waals surface area contributed by atoms with Gasteiger partial charge in [-0.15, -0.1) is 5.10 Å². The lowest BCUT2D eigenvalue weighted by Gasteiger charge is -2.18. The number of H-pyrrole nitrogens is 1. The predicted octanol–water partition coefficient (Wildman–Crippen LogP) is 5.88. The molecule has 2 N–H and O–H groups in total. The third-order valence-electron chi connectivity index (χ3n) is 6.22. The van der Waals surface area contributed by atoms with Gasteiger partial charge >= 0.3 is 6.18 Å². The number of tetrazole rings is 1. The van der Waals surface area contributed by atoms with E-state index >= 15 is 0 Å². The Morgan fingerprint density at radius 1 is 1.08 bits per heavy atom. The van der Waals surface area contributed by atoms with Crippen molar-refractivity contribution in [1.29, 1.82) is 0 Å². The molecule has 0 spiro atoms. The molecule has 0 bridgehead atoms. The van der Waals surface area contributed by atoms with Gasteiger partial charge in [0, 0.05) is 16.3 Å². The Balaban J connectivity index is 1.53. The van der Waals surface area contributed by atoms with Crippen LogP contribution in [-0.4, -0.2) is 33.6 Å². The minimum atomic E-state index is -4.57. The second-order valence-electron chi connectivity index (χ2n) is 8.50. The summed E-state index contributed by atoms with van der Waals surface area (Å²) < 4.78 is 45.6. The van der Waals surface area contributed by atoms with Crippen LogP contribution < -0.4 is 10.1 Å². The van der Waals surface area contributed by atoms with Gasteiger partial charge in [-0.05, 0) is 82.4 Å². The third-order valence-corrected chi connectivity index (χ3v) is 6.46. The monoisotopic (exact) mass is 513 g/mol. The summed E-state index contributed by atoms with van der Waals surface area (Å²) >= 11 is 6.12. The summed E-state index contributed by atoms with van der Waals surface area (Å²) in [5.74, 6) is 0.0874. The fourth-order valence-corrected chi connectivity index (χ4v) is 4.38. The van der Waals surface area contributed by atoms with Gasteiger partial charge < -0.3 is 10.1 Å². The summed E-state index contributed by atoms with van der Waals surface area (Å²) in [6, 6.07) is 15.5. The average molecular weight is 514 g/mol. The number of hydrogen-bond donors (Lipinski definition) is 2. The minimum absolute atomic E-state index is 0.0519. The summed E-state index contributed by atoms with van der Waals surface area (Å²) in [5.41, 5.74) is 0.837. The minimum Gasteiger partial charge on any atom is -0.497 e. The van der Waals surface area contributed by atoms with Gasteiger partial charge in [0.1, 0.15) is 5.75 Å². The van der Waals surface area contributed by atoms with E-state index in [2.05, 4.69) is 25.9 Å². The number of alkyl halides is 3. The van der Waals surface area contributed by atoms with Crippen LogP contribution >= 0.6 is 11.6 Å². The van der Waals surface area contributed by atoms with Gasteiger partial charge in [-0.3, -0.25) is 4.79 Å². The average Bonchev–Trinajstić information content (AvgIpc) is 3.50. The Labute approximate surface area is 208 Å². The summed E-state index contributed by atoms with van der Waals surface area (Å²) in [6.07, 6.45) is -3.20. The highest BCUT2D eigenvalue weighted by Crippen LogP contribution is 2.49. The molecule has 11 heteroatoms. The van der Waals surface area contributed by atoms with Crippen LogP contribution in [0.5, 0.6) is 5.75 Å². The number of carbonyl (C=O) groups excluding carboxylic acids is 1. The standard InChI is InChI=1S/C25H19ClF3N5O2/c1-36-19-10-14(9-16(12-19)25(27,28)29)20-6-5-18(13-21(20)22-31-33-34-32-22)30-23(35)24(7-8-24)15-3-2-4-17(26)11-15/h2-6,9-13H,7-8H2,1H3,(H,30,35)(H,31,32,33,34). The molecule has 1 aliphatic carbocycles. The van der Waals surface area contributed by atoms with E-state index in [4.69, 9.17) is 16.3 Å². The molecule has 4 aromatic rings. The van der Waals surface area contributed by atoms with Crippen LogP contribution in [0.25, 0.3) is 22.5 Å². The van der Waals surface area contributed by atoms with Crippen LogP contribution in [0, 0.1) is 0 Å². The van der Waals surface area contributed by atoms with Crippen molar-refractivity contribution in [2.45, 2.75) is 24.4 Å². The van der Waals surface area contributed by atoms with E-state index in [0.717, 1.165) is 17.7 Å². The molecule has 7 nitrogen and oxygen atoms in total. The second kappa shape index (κ2) is 8.94. The van der Waals surface area contributed by atoms with Crippen molar-refractivity contribution in [2.75, 3.05) is 12.4 Å². The lowest BCUT2D eigenvalue weighted by atomic mass is 9.94. The molecule has 1 fully saturated rings. The van der Waals surface area contributed by atoms with Gasteiger partial charge in [0.05, 0.1) is 18.1 Å². The maximum Gasteiger partial charge on any atom is 0.416 e. The molecule has 1 aromatic heterocycles. The SMILES string of the molecule is COc1cc(-c2ccc(NC(=O)C3(c4cccc(Cl)c4)CC3)cc2-c2nnn[nH]2)cc(C(F)(F)F)c1. The number of halogens is 4. The van der Waals surface area contributed by atoms with Crippen LogP contribution in [0.1, 0.15) is 24.0 Å². The Morgan fingerprint density at radius 3 is 2.53 bits per heavy atom. The molecular weight excluding hydrogens is 495 g/mol. The zero-order valence-corrected chi connectivity index (χ0v) is 19.6. The van der Waals surface area contributed by atoms with E-state index in [1.807, 2.05) is 6.07 Å². The highest BCUT2D eigenvalue weighted by Gasteiger charge is 2.51. The first-order valence-electron chi connectivity index (χ1n) is 10.9. The Bertz CT molecular complexity index is 1440. The quantitative estimate of drug-likeness (QED) is 0.335. The molecule has 0 radical (unpaired) electrons. The van der Waals surface area contributed by atoms with Crippen molar-refractivity contribution >= 4 is 23.2 Å². The van der Waals surface area contributed by atoms with E-state index in [1.54, 1.807) is 36.4 Å². The van der Waals surface area contributed by atoms with Gasteiger partial charge in [-0.1, -0.05) is 29.8 Å². The number of aromatic amines is 1. The summed E-state index contributed by atoms with van der Waals surface area (Å²) in [6.45, 7) is 0. The van der Waals surface area contributed by atoms with E-state index in [1.165, 1.54) is 13.2 Å². The second-order valence-corrected chi connectivity index (χ2v) is 8.94. The smallest absolute Gasteiger partial charge is 0.416 e. The summed E-state index contributed by atoms with van der Waals surface area (Å²) in [4.78, 5) is 13.3. The number of amides is 1.